The first kappa shape index (κ1) is 22.4. The highest BCUT2D eigenvalue weighted by atomic mass is 32.2. The van der Waals surface area contributed by atoms with Gasteiger partial charge in [0.15, 0.2) is 6.10 Å². The second-order valence-electron chi connectivity index (χ2n) is 7.27. The van der Waals surface area contributed by atoms with Crippen LogP contribution >= 0.6 is 0 Å². The van der Waals surface area contributed by atoms with Gasteiger partial charge in [-0.25, -0.2) is 8.42 Å². The van der Waals surface area contributed by atoms with Crippen LogP contribution in [-0.2, 0) is 14.8 Å². The van der Waals surface area contributed by atoms with Gasteiger partial charge in [-0.3, -0.25) is 9.52 Å². The molecule has 1 atom stereocenters. The molecular weight excluding hydrogens is 412 g/mol. The fourth-order valence-corrected chi connectivity index (χ4v) is 4.00. The number of rotatable bonds is 8. The monoisotopic (exact) mass is 438 g/mol. The lowest BCUT2D eigenvalue weighted by atomic mass is 10.2. The smallest absolute Gasteiger partial charge is 0.265 e. The summed E-state index contributed by atoms with van der Waals surface area (Å²) in [5.41, 5.74) is 2.97. The first-order valence-corrected chi connectivity index (χ1v) is 11.5. The maximum atomic E-state index is 12.6. The zero-order valence-electron chi connectivity index (χ0n) is 17.8. The highest BCUT2D eigenvalue weighted by Gasteiger charge is 2.20. The number of anilines is 2. The van der Waals surface area contributed by atoms with Gasteiger partial charge in [0.25, 0.3) is 15.9 Å². The number of carbonyl (C=O) groups is 1. The van der Waals surface area contributed by atoms with E-state index in [4.69, 9.17) is 4.74 Å². The summed E-state index contributed by atoms with van der Waals surface area (Å²) in [6, 6.07) is 20.6. The van der Waals surface area contributed by atoms with Crippen LogP contribution in [0.15, 0.2) is 77.7 Å². The Balaban J connectivity index is 1.67. The van der Waals surface area contributed by atoms with Crippen molar-refractivity contribution in [2.75, 3.05) is 10.0 Å². The van der Waals surface area contributed by atoms with Crippen molar-refractivity contribution in [2.24, 2.45) is 0 Å². The number of hydrogen-bond acceptors (Lipinski definition) is 4. The quantitative estimate of drug-likeness (QED) is 0.524. The third kappa shape index (κ3) is 5.86. The molecule has 0 fully saturated rings. The summed E-state index contributed by atoms with van der Waals surface area (Å²) in [6.07, 6.45) is -0.166. The van der Waals surface area contributed by atoms with Crippen molar-refractivity contribution >= 4 is 27.3 Å². The van der Waals surface area contributed by atoms with Gasteiger partial charge in [-0.05, 0) is 68.3 Å². The summed E-state index contributed by atoms with van der Waals surface area (Å²) in [4.78, 5) is 12.7. The number of ether oxygens (including phenoxy) is 1. The summed E-state index contributed by atoms with van der Waals surface area (Å²) in [7, 11) is -3.73. The van der Waals surface area contributed by atoms with Crippen molar-refractivity contribution in [1.82, 2.24) is 0 Å². The van der Waals surface area contributed by atoms with Gasteiger partial charge in [0.05, 0.1) is 4.90 Å². The van der Waals surface area contributed by atoms with E-state index in [0.717, 1.165) is 11.1 Å². The SMILES string of the molecule is CC[C@@H](Oc1ccccc1C)C(=O)Nc1ccc(S(=O)(=O)Nc2ccc(C)cc2)cc1. The van der Waals surface area contributed by atoms with Crippen LogP contribution in [0.3, 0.4) is 0 Å². The lowest BCUT2D eigenvalue weighted by molar-refractivity contribution is -0.122. The lowest BCUT2D eigenvalue weighted by Gasteiger charge is -2.18. The number of nitrogens with one attached hydrogen (secondary N) is 2. The second-order valence-corrected chi connectivity index (χ2v) is 8.95. The van der Waals surface area contributed by atoms with Crippen LogP contribution in [0.1, 0.15) is 24.5 Å². The summed E-state index contributed by atoms with van der Waals surface area (Å²) < 4.78 is 33.6. The van der Waals surface area contributed by atoms with E-state index in [2.05, 4.69) is 10.0 Å². The molecule has 162 valence electrons. The second kappa shape index (κ2) is 9.66. The molecule has 3 rings (SSSR count). The lowest BCUT2D eigenvalue weighted by Crippen LogP contribution is -2.32. The number of aryl methyl sites for hydroxylation is 2. The molecule has 0 aliphatic rings. The van der Waals surface area contributed by atoms with E-state index >= 15 is 0 Å². The van der Waals surface area contributed by atoms with Crippen molar-refractivity contribution in [3.63, 3.8) is 0 Å². The standard InChI is InChI=1S/C24H26N2O4S/c1-4-22(30-23-8-6-5-7-18(23)3)24(27)25-19-13-15-21(16-14-19)31(28,29)26-20-11-9-17(2)10-12-20/h5-16,22,26H,4H2,1-3H3,(H,25,27)/t22-/m1/s1. The number of amides is 1. The van der Waals surface area contributed by atoms with Crippen molar-refractivity contribution in [3.8, 4) is 5.75 Å². The Morgan fingerprint density at radius 1 is 0.903 bits per heavy atom. The van der Waals surface area contributed by atoms with Gasteiger partial charge < -0.3 is 10.1 Å². The molecular formula is C24H26N2O4S. The molecule has 3 aromatic carbocycles. The van der Waals surface area contributed by atoms with Crippen LogP contribution in [0.2, 0.25) is 0 Å². The van der Waals surface area contributed by atoms with Gasteiger partial charge in [0.1, 0.15) is 5.75 Å². The number of benzene rings is 3. The Labute approximate surface area is 183 Å². The maximum absolute atomic E-state index is 12.6. The Morgan fingerprint density at radius 3 is 2.13 bits per heavy atom. The van der Waals surface area contributed by atoms with E-state index in [9.17, 15) is 13.2 Å². The van der Waals surface area contributed by atoms with Crippen molar-refractivity contribution in [1.29, 1.82) is 0 Å². The third-order valence-electron chi connectivity index (χ3n) is 4.76. The molecule has 0 aliphatic heterocycles. The van der Waals surface area contributed by atoms with Gasteiger partial charge in [-0.2, -0.15) is 0 Å². The molecule has 0 heterocycles. The molecule has 3 aromatic rings. The summed E-state index contributed by atoms with van der Waals surface area (Å²) in [5, 5.41) is 2.79. The first-order valence-electron chi connectivity index (χ1n) is 10.0. The van der Waals surface area contributed by atoms with E-state index in [1.807, 2.05) is 57.2 Å². The van der Waals surface area contributed by atoms with Crippen LogP contribution < -0.4 is 14.8 Å². The molecule has 0 spiro atoms. The predicted molar refractivity (Wildman–Crippen MR) is 123 cm³/mol. The van der Waals surface area contributed by atoms with Gasteiger partial charge in [0, 0.05) is 11.4 Å². The average Bonchev–Trinajstić information content (AvgIpc) is 2.75. The van der Waals surface area contributed by atoms with Gasteiger partial charge in [0.2, 0.25) is 0 Å². The van der Waals surface area contributed by atoms with Crippen molar-refractivity contribution < 1.29 is 17.9 Å². The highest BCUT2D eigenvalue weighted by molar-refractivity contribution is 7.92. The van der Waals surface area contributed by atoms with Gasteiger partial charge in [-0.1, -0.05) is 42.8 Å². The van der Waals surface area contributed by atoms with Gasteiger partial charge in [-0.15, -0.1) is 0 Å². The van der Waals surface area contributed by atoms with Crippen LogP contribution in [0.4, 0.5) is 11.4 Å². The van der Waals surface area contributed by atoms with Crippen LogP contribution in [0.5, 0.6) is 5.75 Å². The van der Waals surface area contributed by atoms with Gasteiger partial charge >= 0.3 is 0 Å². The molecule has 0 radical (unpaired) electrons. The zero-order valence-corrected chi connectivity index (χ0v) is 18.6. The molecule has 31 heavy (non-hydrogen) atoms. The highest BCUT2D eigenvalue weighted by Crippen LogP contribution is 2.21. The van der Waals surface area contributed by atoms with E-state index in [-0.39, 0.29) is 10.8 Å². The minimum atomic E-state index is -3.73. The molecule has 7 heteroatoms. The molecule has 0 unspecified atom stereocenters. The Hall–Kier alpha value is -3.32. The van der Waals surface area contributed by atoms with E-state index in [0.29, 0.717) is 23.5 Å². The Kier molecular flexibility index (Phi) is 6.97. The zero-order chi connectivity index (χ0) is 22.4. The van der Waals surface area contributed by atoms with Crippen molar-refractivity contribution in [2.45, 2.75) is 38.2 Å². The topological polar surface area (TPSA) is 84.5 Å². The third-order valence-corrected chi connectivity index (χ3v) is 6.16. The van der Waals surface area contributed by atoms with E-state index in [1.165, 1.54) is 12.1 Å². The van der Waals surface area contributed by atoms with Crippen molar-refractivity contribution in [3.05, 3.63) is 83.9 Å². The molecule has 0 aromatic heterocycles. The normalized spacial score (nSPS) is 12.1. The summed E-state index contributed by atoms with van der Waals surface area (Å²) >= 11 is 0. The maximum Gasteiger partial charge on any atom is 0.265 e. The van der Waals surface area contributed by atoms with Crippen LogP contribution in [0.25, 0.3) is 0 Å². The number of hydrogen-bond donors (Lipinski definition) is 2. The first-order chi connectivity index (χ1) is 14.8. The minimum absolute atomic E-state index is 0.106. The van der Waals surface area contributed by atoms with Crippen LogP contribution in [-0.4, -0.2) is 20.4 Å². The number of para-hydroxylation sites is 1. The molecule has 0 saturated heterocycles. The average molecular weight is 439 g/mol. The predicted octanol–water partition coefficient (Wildman–Crippen LogP) is 4.90. The number of carbonyl (C=O) groups excluding carboxylic acids is 1. The molecule has 1 amide bonds. The molecule has 6 nitrogen and oxygen atoms in total. The molecule has 0 aliphatic carbocycles. The van der Waals surface area contributed by atoms with Crippen LogP contribution in [0, 0.1) is 13.8 Å². The summed E-state index contributed by atoms with van der Waals surface area (Å²) in [6.45, 7) is 5.72. The Morgan fingerprint density at radius 2 is 1.52 bits per heavy atom. The fraction of sp³-hybridized carbons (Fsp3) is 0.208. The largest absolute Gasteiger partial charge is 0.480 e. The van der Waals surface area contributed by atoms with E-state index < -0.39 is 16.1 Å². The summed E-state index contributed by atoms with van der Waals surface area (Å²) in [5.74, 6) is 0.368. The fourth-order valence-electron chi connectivity index (χ4n) is 2.94. The Bertz CT molecular complexity index is 1140. The molecule has 0 saturated carbocycles. The number of sulfonamides is 1. The molecule has 2 N–H and O–H groups in total. The minimum Gasteiger partial charge on any atom is -0.480 e. The molecule has 0 bridgehead atoms. The van der Waals surface area contributed by atoms with E-state index in [1.54, 1.807) is 24.3 Å².